The Labute approximate surface area is 149 Å². The van der Waals surface area contributed by atoms with Gasteiger partial charge in [-0.05, 0) is 42.8 Å². The van der Waals surface area contributed by atoms with Gasteiger partial charge in [-0.1, -0.05) is 18.2 Å². The third-order valence-electron chi connectivity index (χ3n) is 4.07. The first kappa shape index (κ1) is 15.8. The number of aryl methyl sites for hydroxylation is 1. The fourth-order valence-corrected chi connectivity index (χ4v) is 2.86. The van der Waals surface area contributed by atoms with E-state index in [4.69, 9.17) is 5.73 Å². The highest BCUT2D eigenvalue weighted by molar-refractivity contribution is 5.68. The number of anilines is 1. The molecule has 0 saturated heterocycles. The Morgan fingerprint density at radius 2 is 2.00 bits per heavy atom. The second-order valence-electron chi connectivity index (χ2n) is 6.03. The average Bonchev–Trinajstić information content (AvgIpc) is 2.98. The summed E-state index contributed by atoms with van der Waals surface area (Å²) < 4.78 is 3.32. The maximum Gasteiger partial charge on any atom is 0.273 e. The van der Waals surface area contributed by atoms with Crippen LogP contribution in [0.4, 0.5) is 5.69 Å². The van der Waals surface area contributed by atoms with Gasteiger partial charge in [0, 0.05) is 35.9 Å². The molecule has 128 valence electrons. The topological polar surface area (TPSA) is 78.2 Å². The number of pyridine rings is 1. The van der Waals surface area contributed by atoms with Crippen molar-refractivity contribution in [1.82, 2.24) is 19.2 Å². The normalized spacial score (nSPS) is 11.4. The number of nitrogens with zero attached hydrogens (tertiary/aromatic N) is 4. The molecule has 4 rings (SSSR count). The standard InChI is InChI=1S/C20H17N5O/c1-14-13-24(18-6-2-5-16(21)10-18)25-19(26)11-17(23-20(14)25)8-7-15-4-3-9-22-12-15/h2-13H,21H2,1H3/b8-7+. The number of hydrogen-bond acceptors (Lipinski definition) is 4. The number of benzene rings is 1. The minimum atomic E-state index is -0.156. The molecule has 0 aliphatic heterocycles. The van der Waals surface area contributed by atoms with E-state index in [-0.39, 0.29) is 5.56 Å². The molecule has 3 aromatic heterocycles. The van der Waals surface area contributed by atoms with Crippen molar-refractivity contribution in [2.75, 3.05) is 5.73 Å². The van der Waals surface area contributed by atoms with Gasteiger partial charge in [0.1, 0.15) is 0 Å². The van der Waals surface area contributed by atoms with Crippen LogP contribution in [0, 0.1) is 6.92 Å². The van der Waals surface area contributed by atoms with Gasteiger partial charge in [0.2, 0.25) is 0 Å². The van der Waals surface area contributed by atoms with Crippen LogP contribution in [-0.4, -0.2) is 19.2 Å². The summed E-state index contributed by atoms with van der Waals surface area (Å²) in [4.78, 5) is 21.4. The third-order valence-corrected chi connectivity index (χ3v) is 4.07. The highest BCUT2D eigenvalue weighted by atomic mass is 16.1. The molecule has 0 atom stereocenters. The molecule has 0 unspecified atom stereocenters. The second kappa shape index (κ2) is 6.33. The monoisotopic (exact) mass is 343 g/mol. The van der Waals surface area contributed by atoms with Gasteiger partial charge in [-0.15, -0.1) is 0 Å². The van der Waals surface area contributed by atoms with Crippen LogP contribution in [0.15, 0.2) is 65.8 Å². The van der Waals surface area contributed by atoms with Crippen LogP contribution < -0.4 is 11.3 Å². The molecule has 6 heteroatoms. The molecule has 1 aromatic carbocycles. The maximum atomic E-state index is 12.7. The van der Waals surface area contributed by atoms with E-state index < -0.39 is 0 Å². The van der Waals surface area contributed by atoms with Gasteiger partial charge in [0.05, 0.1) is 11.4 Å². The predicted molar refractivity (Wildman–Crippen MR) is 103 cm³/mol. The summed E-state index contributed by atoms with van der Waals surface area (Å²) in [5.41, 5.74) is 10.2. The molecule has 0 spiro atoms. The van der Waals surface area contributed by atoms with E-state index >= 15 is 0 Å². The number of hydrogen-bond donors (Lipinski definition) is 1. The first-order chi connectivity index (χ1) is 12.6. The average molecular weight is 343 g/mol. The van der Waals surface area contributed by atoms with Gasteiger partial charge in [-0.3, -0.25) is 14.5 Å². The van der Waals surface area contributed by atoms with Crippen LogP contribution in [0.1, 0.15) is 16.8 Å². The van der Waals surface area contributed by atoms with Gasteiger partial charge in [-0.25, -0.2) is 4.98 Å². The van der Waals surface area contributed by atoms with Crippen LogP contribution in [0.2, 0.25) is 0 Å². The van der Waals surface area contributed by atoms with Crippen molar-refractivity contribution < 1.29 is 0 Å². The molecule has 0 bridgehead atoms. The van der Waals surface area contributed by atoms with Crippen molar-refractivity contribution in [3.05, 3.63) is 88.2 Å². The van der Waals surface area contributed by atoms with E-state index in [1.165, 1.54) is 6.07 Å². The van der Waals surface area contributed by atoms with Crippen LogP contribution in [0.5, 0.6) is 0 Å². The lowest BCUT2D eigenvalue weighted by molar-refractivity contribution is 0.763. The zero-order chi connectivity index (χ0) is 18.1. The molecular weight excluding hydrogens is 326 g/mol. The lowest BCUT2D eigenvalue weighted by atomic mass is 10.2. The van der Waals surface area contributed by atoms with E-state index in [1.807, 2.05) is 61.7 Å². The largest absolute Gasteiger partial charge is 0.399 e. The summed E-state index contributed by atoms with van der Waals surface area (Å²) in [7, 11) is 0. The van der Waals surface area contributed by atoms with Crippen LogP contribution in [0.3, 0.4) is 0 Å². The van der Waals surface area contributed by atoms with E-state index in [0.29, 0.717) is 17.0 Å². The fourth-order valence-electron chi connectivity index (χ4n) is 2.86. The minimum Gasteiger partial charge on any atom is -0.399 e. The van der Waals surface area contributed by atoms with Gasteiger partial charge >= 0.3 is 0 Å². The van der Waals surface area contributed by atoms with E-state index in [9.17, 15) is 4.79 Å². The predicted octanol–water partition coefficient (Wildman–Crippen LogP) is 2.94. The van der Waals surface area contributed by atoms with E-state index in [2.05, 4.69) is 9.97 Å². The van der Waals surface area contributed by atoms with Gasteiger partial charge in [0.25, 0.3) is 5.56 Å². The highest BCUT2D eigenvalue weighted by Crippen LogP contribution is 2.16. The van der Waals surface area contributed by atoms with E-state index in [0.717, 1.165) is 16.8 Å². The van der Waals surface area contributed by atoms with Crippen molar-refractivity contribution in [1.29, 1.82) is 0 Å². The Kier molecular flexibility index (Phi) is 3.85. The van der Waals surface area contributed by atoms with Crippen molar-refractivity contribution in [2.45, 2.75) is 6.92 Å². The molecule has 0 aliphatic rings. The molecule has 0 radical (unpaired) electrons. The molecule has 0 fully saturated rings. The number of fused-ring (bicyclic) bond motifs is 1. The van der Waals surface area contributed by atoms with Crippen LogP contribution >= 0.6 is 0 Å². The molecule has 3 heterocycles. The Morgan fingerprint density at radius 3 is 2.77 bits per heavy atom. The third kappa shape index (κ3) is 2.88. The Morgan fingerprint density at radius 1 is 1.12 bits per heavy atom. The fraction of sp³-hybridized carbons (Fsp3) is 0.0500. The molecule has 26 heavy (non-hydrogen) atoms. The molecular formula is C20H17N5O. The van der Waals surface area contributed by atoms with E-state index in [1.54, 1.807) is 21.6 Å². The molecule has 0 saturated carbocycles. The Hall–Kier alpha value is -3.67. The number of rotatable bonds is 3. The van der Waals surface area contributed by atoms with Crippen molar-refractivity contribution in [3.8, 4) is 5.69 Å². The molecule has 4 aromatic rings. The first-order valence-corrected chi connectivity index (χ1v) is 8.18. The summed E-state index contributed by atoms with van der Waals surface area (Å²) in [6, 6.07) is 12.7. The van der Waals surface area contributed by atoms with Crippen molar-refractivity contribution in [3.63, 3.8) is 0 Å². The summed E-state index contributed by atoms with van der Waals surface area (Å²) in [6.45, 7) is 1.93. The number of nitrogen functional groups attached to an aromatic ring is 1. The minimum absolute atomic E-state index is 0.156. The number of aromatic nitrogens is 4. The molecule has 0 amide bonds. The Bertz CT molecular complexity index is 1170. The number of nitrogens with two attached hydrogens (primary N) is 1. The van der Waals surface area contributed by atoms with Crippen LogP contribution in [0.25, 0.3) is 23.5 Å². The second-order valence-corrected chi connectivity index (χ2v) is 6.03. The molecule has 6 nitrogen and oxygen atoms in total. The van der Waals surface area contributed by atoms with Gasteiger partial charge < -0.3 is 5.73 Å². The highest BCUT2D eigenvalue weighted by Gasteiger charge is 2.11. The molecule has 2 N–H and O–H groups in total. The summed E-state index contributed by atoms with van der Waals surface area (Å²) >= 11 is 0. The van der Waals surface area contributed by atoms with Crippen molar-refractivity contribution in [2.24, 2.45) is 0 Å². The first-order valence-electron chi connectivity index (χ1n) is 8.18. The van der Waals surface area contributed by atoms with Gasteiger partial charge in [0.15, 0.2) is 5.65 Å². The zero-order valence-corrected chi connectivity index (χ0v) is 14.2. The van der Waals surface area contributed by atoms with Crippen molar-refractivity contribution >= 4 is 23.5 Å². The maximum absolute atomic E-state index is 12.7. The molecule has 0 aliphatic carbocycles. The summed E-state index contributed by atoms with van der Waals surface area (Å²) in [5, 5.41) is 0. The lowest BCUT2D eigenvalue weighted by Gasteiger charge is -2.07. The zero-order valence-electron chi connectivity index (χ0n) is 14.2. The quantitative estimate of drug-likeness (QED) is 0.580. The SMILES string of the molecule is Cc1cn(-c2cccc(N)c2)n2c(=O)cc(/C=C/c3cccnc3)nc12. The summed E-state index contributed by atoms with van der Waals surface area (Å²) in [6.07, 6.45) is 9.05. The summed E-state index contributed by atoms with van der Waals surface area (Å²) in [5.74, 6) is 0. The lowest BCUT2D eigenvalue weighted by Crippen LogP contribution is -2.20. The van der Waals surface area contributed by atoms with Gasteiger partial charge in [-0.2, -0.15) is 4.52 Å². The van der Waals surface area contributed by atoms with Crippen LogP contribution in [-0.2, 0) is 0 Å². The smallest absolute Gasteiger partial charge is 0.273 e. The Balaban J connectivity index is 1.83.